The number of nitrogens with zero attached hydrogens (tertiary/aromatic N) is 2. The van der Waals surface area contributed by atoms with E-state index in [2.05, 4.69) is 16.0 Å². The van der Waals surface area contributed by atoms with Crippen LogP contribution in [0.5, 0.6) is 0 Å². The summed E-state index contributed by atoms with van der Waals surface area (Å²) in [6.07, 6.45) is 0. The maximum atomic E-state index is 12.9. The molecule has 0 aliphatic carbocycles. The minimum atomic E-state index is -1.05. The van der Waals surface area contributed by atoms with E-state index < -0.39 is 27.8 Å². The second-order valence-corrected chi connectivity index (χ2v) is 6.14. The molecule has 2 aromatic rings. The molecule has 0 fully saturated rings. The number of hydrogen-bond donors (Lipinski definition) is 3. The predicted molar refractivity (Wildman–Crippen MR) is 102 cm³/mol. The zero-order valence-corrected chi connectivity index (χ0v) is 15.0. The number of carbonyl (C=O) groups excluding carboxylic acids is 2. The van der Waals surface area contributed by atoms with Crippen molar-refractivity contribution in [3.05, 3.63) is 85.6 Å². The van der Waals surface area contributed by atoms with Crippen LogP contribution in [0, 0.1) is 20.2 Å². The summed E-state index contributed by atoms with van der Waals surface area (Å²) in [5.74, 6) is -0.619. The zero-order chi connectivity index (χ0) is 21.1. The molecule has 148 valence electrons. The van der Waals surface area contributed by atoms with E-state index in [0.717, 1.165) is 0 Å². The minimum absolute atomic E-state index is 0.0808. The number of benzene rings is 2. The number of hydrogen-bond acceptors (Lipinski definition) is 6. The van der Waals surface area contributed by atoms with Gasteiger partial charge in [0.2, 0.25) is 0 Å². The number of para-hydroxylation sites is 1. The Labute approximate surface area is 163 Å². The smallest absolute Gasteiger partial charge is 0.319 e. The van der Waals surface area contributed by atoms with Crippen molar-refractivity contribution in [1.29, 1.82) is 0 Å². The Hall–Kier alpha value is -4.28. The lowest BCUT2D eigenvalue weighted by molar-refractivity contribution is -0.385. The fourth-order valence-electron chi connectivity index (χ4n) is 2.99. The molecule has 29 heavy (non-hydrogen) atoms. The molecular weight excluding hydrogens is 382 g/mol. The van der Waals surface area contributed by atoms with Gasteiger partial charge in [0.05, 0.1) is 27.0 Å². The Morgan fingerprint density at radius 3 is 2.31 bits per heavy atom. The lowest BCUT2D eigenvalue weighted by atomic mass is 9.93. The topological polar surface area (TPSA) is 157 Å². The number of nitro groups is 2. The number of nitrogens with one attached hydrogen (secondary N) is 3. The molecule has 0 aromatic heterocycles. The molecule has 3 N–H and O–H groups in total. The Morgan fingerprint density at radius 1 is 1.03 bits per heavy atom. The first-order chi connectivity index (χ1) is 13.8. The van der Waals surface area contributed by atoms with Crippen LogP contribution in [0.15, 0.2) is 59.8 Å². The Kier molecular flexibility index (Phi) is 5.21. The molecule has 3 amide bonds. The van der Waals surface area contributed by atoms with Gasteiger partial charge in [0.15, 0.2) is 0 Å². The van der Waals surface area contributed by atoms with Crippen molar-refractivity contribution in [1.82, 2.24) is 10.6 Å². The predicted octanol–water partition coefficient (Wildman–Crippen LogP) is 2.77. The molecule has 0 unspecified atom stereocenters. The summed E-state index contributed by atoms with van der Waals surface area (Å²) in [4.78, 5) is 45.8. The SMILES string of the molecule is CC1=C(C(=O)Nc2ccc([N+](=O)[O-])cc2)[C@@H](c2ccccc2[N+](=O)[O-])NC(=O)N1. The molecule has 1 aliphatic heterocycles. The number of carbonyl (C=O) groups is 2. The lowest BCUT2D eigenvalue weighted by Gasteiger charge is -2.28. The van der Waals surface area contributed by atoms with Gasteiger partial charge in [0.25, 0.3) is 17.3 Å². The Balaban J connectivity index is 1.97. The normalized spacial score (nSPS) is 15.9. The van der Waals surface area contributed by atoms with E-state index in [9.17, 15) is 29.8 Å². The third kappa shape index (κ3) is 4.03. The average molecular weight is 397 g/mol. The summed E-state index contributed by atoms with van der Waals surface area (Å²) in [5, 5.41) is 29.7. The highest BCUT2D eigenvalue weighted by Gasteiger charge is 2.34. The molecule has 0 saturated heterocycles. The molecule has 1 aliphatic rings. The lowest BCUT2D eigenvalue weighted by Crippen LogP contribution is -2.46. The molecule has 11 nitrogen and oxygen atoms in total. The van der Waals surface area contributed by atoms with E-state index >= 15 is 0 Å². The second kappa shape index (κ2) is 7.76. The summed E-state index contributed by atoms with van der Waals surface area (Å²) in [6.45, 7) is 1.51. The van der Waals surface area contributed by atoms with Gasteiger partial charge < -0.3 is 16.0 Å². The Morgan fingerprint density at radius 2 is 1.69 bits per heavy atom. The van der Waals surface area contributed by atoms with E-state index in [1.807, 2.05) is 0 Å². The third-order valence-corrected chi connectivity index (χ3v) is 4.29. The van der Waals surface area contributed by atoms with E-state index in [4.69, 9.17) is 0 Å². The van der Waals surface area contributed by atoms with Gasteiger partial charge in [-0.15, -0.1) is 0 Å². The average Bonchev–Trinajstić information content (AvgIpc) is 2.67. The van der Waals surface area contributed by atoms with E-state index in [1.165, 1.54) is 49.4 Å². The number of nitro benzene ring substituents is 2. The van der Waals surface area contributed by atoms with Crippen LogP contribution in [-0.2, 0) is 4.79 Å². The molecule has 2 aromatic carbocycles. The maximum Gasteiger partial charge on any atom is 0.319 e. The first-order valence-electron chi connectivity index (χ1n) is 8.35. The number of amides is 3. The molecule has 1 heterocycles. The van der Waals surface area contributed by atoms with E-state index in [1.54, 1.807) is 6.07 Å². The summed E-state index contributed by atoms with van der Waals surface area (Å²) >= 11 is 0. The van der Waals surface area contributed by atoms with Crippen molar-refractivity contribution in [3.8, 4) is 0 Å². The maximum absolute atomic E-state index is 12.9. The molecule has 0 spiro atoms. The monoisotopic (exact) mass is 397 g/mol. The third-order valence-electron chi connectivity index (χ3n) is 4.29. The van der Waals surface area contributed by atoms with Crippen LogP contribution in [0.1, 0.15) is 18.5 Å². The first-order valence-corrected chi connectivity index (χ1v) is 8.35. The molecular formula is C18H15N5O6. The fraction of sp³-hybridized carbons (Fsp3) is 0.111. The summed E-state index contributed by atoms with van der Waals surface area (Å²) in [7, 11) is 0. The van der Waals surface area contributed by atoms with Crippen molar-refractivity contribution < 1.29 is 19.4 Å². The van der Waals surface area contributed by atoms with Crippen molar-refractivity contribution in [2.45, 2.75) is 13.0 Å². The largest absolute Gasteiger partial charge is 0.326 e. The van der Waals surface area contributed by atoms with Gasteiger partial charge >= 0.3 is 6.03 Å². The number of anilines is 1. The Bertz CT molecular complexity index is 1050. The van der Waals surface area contributed by atoms with Crippen LogP contribution in [-0.4, -0.2) is 21.8 Å². The van der Waals surface area contributed by atoms with Gasteiger partial charge in [-0.1, -0.05) is 12.1 Å². The van der Waals surface area contributed by atoms with Crippen LogP contribution in [0.25, 0.3) is 0 Å². The van der Waals surface area contributed by atoms with Crippen molar-refractivity contribution in [3.63, 3.8) is 0 Å². The second-order valence-electron chi connectivity index (χ2n) is 6.14. The zero-order valence-electron chi connectivity index (χ0n) is 15.0. The first kappa shape index (κ1) is 19.5. The number of urea groups is 1. The number of non-ortho nitro benzene ring substituents is 1. The fourth-order valence-corrected chi connectivity index (χ4v) is 2.99. The molecule has 0 bridgehead atoms. The van der Waals surface area contributed by atoms with Crippen molar-refractivity contribution >= 4 is 29.0 Å². The molecule has 0 radical (unpaired) electrons. The summed E-state index contributed by atoms with van der Waals surface area (Å²) in [6, 6.07) is 9.33. The number of rotatable bonds is 5. The van der Waals surface area contributed by atoms with Crippen molar-refractivity contribution in [2.75, 3.05) is 5.32 Å². The minimum Gasteiger partial charge on any atom is -0.326 e. The standard InChI is InChI=1S/C18H15N5O6/c1-10-15(17(24)20-11-6-8-12(9-7-11)22(26)27)16(21-18(25)19-10)13-4-2-3-5-14(13)23(28)29/h2-9,16H,1H3,(H,20,24)(H2,19,21,25)/t16-/m1/s1. The highest BCUT2D eigenvalue weighted by molar-refractivity contribution is 6.07. The molecule has 3 rings (SSSR count). The van der Waals surface area contributed by atoms with Gasteiger partial charge in [-0.25, -0.2) is 4.79 Å². The van der Waals surface area contributed by atoms with Gasteiger partial charge in [-0.3, -0.25) is 25.0 Å². The quantitative estimate of drug-likeness (QED) is 0.520. The van der Waals surface area contributed by atoms with Crippen LogP contribution < -0.4 is 16.0 Å². The molecule has 11 heteroatoms. The molecule has 1 atom stereocenters. The van der Waals surface area contributed by atoms with Crippen molar-refractivity contribution in [2.24, 2.45) is 0 Å². The van der Waals surface area contributed by atoms with Crippen LogP contribution >= 0.6 is 0 Å². The van der Waals surface area contributed by atoms with E-state index in [0.29, 0.717) is 5.69 Å². The molecule has 0 saturated carbocycles. The highest BCUT2D eigenvalue weighted by atomic mass is 16.6. The van der Waals surface area contributed by atoms with Crippen LogP contribution in [0.2, 0.25) is 0 Å². The van der Waals surface area contributed by atoms with Gasteiger partial charge in [0, 0.05) is 29.6 Å². The van der Waals surface area contributed by atoms with E-state index in [-0.39, 0.29) is 28.2 Å². The summed E-state index contributed by atoms with van der Waals surface area (Å²) < 4.78 is 0. The highest BCUT2D eigenvalue weighted by Crippen LogP contribution is 2.33. The number of allylic oxidation sites excluding steroid dienone is 1. The van der Waals surface area contributed by atoms with Crippen LogP contribution in [0.4, 0.5) is 21.9 Å². The summed E-state index contributed by atoms with van der Waals surface area (Å²) in [5.41, 5.74) is 0.379. The van der Waals surface area contributed by atoms with Gasteiger partial charge in [0.1, 0.15) is 0 Å². The van der Waals surface area contributed by atoms with Gasteiger partial charge in [-0.05, 0) is 25.1 Å². The van der Waals surface area contributed by atoms with Crippen LogP contribution in [0.3, 0.4) is 0 Å². The van der Waals surface area contributed by atoms with Gasteiger partial charge in [-0.2, -0.15) is 0 Å².